The zero-order valence-electron chi connectivity index (χ0n) is 7.48. The van der Waals surface area contributed by atoms with E-state index in [1.165, 1.54) is 17.8 Å². The zero-order chi connectivity index (χ0) is 10.3. The van der Waals surface area contributed by atoms with Crippen molar-refractivity contribution < 1.29 is 9.50 Å². The Bertz CT molecular complexity index is 479. The first kappa shape index (κ1) is 8.89. The molecule has 0 spiro atoms. The summed E-state index contributed by atoms with van der Waals surface area (Å²) in [6.07, 6.45) is 1.53. The maximum atomic E-state index is 13.3. The molecule has 0 saturated heterocycles. The van der Waals surface area contributed by atoms with Gasteiger partial charge in [0.1, 0.15) is 18.4 Å². The van der Waals surface area contributed by atoms with E-state index in [2.05, 4.69) is 9.97 Å². The second kappa shape index (κ2) is 2.91. The maximum Gasteiger partial charge on any atom is 0.154 e. The number of hydrogen-bond donors (Lipinski definition) is 2. The number of hydrogen-bond acceptors (Lipinski definition) is 4. The Morgan fingerprint density at radius 2 is 2.29 bits per heavy atom. The third kappa shape index (κ3) is 1.12. The number of aliphatic hydroxyl groups excluding tert-OH is 1. The molecule has 1 atom stereocenters. The highest BCUT2D eigenvalue weighted by molar-refractivity contribution is 5.86. The summed E-state index contributed by atoms with van der Waals surface area (Å²) in [6.45, 7) is 1.51. The molecule has 0 aliphatic rings. The van der Waals surface area contributed by atoms with Crippen molar-refractivity contribution in [2.24, 2.45) is 0 Å². The zero-order valence-corrected chi connectivity index (χ0v) is 7.48. The van der Waals surface area contributed by atoms with Crippen LogP contribution in [0.1, 0.15) is 13.2 Å². The van der Waals surface area contributed by atoms with Crippen LogP contribution in [0.3, 0.4) is 0 Å². The molecule has 0 radical (unpaired) electrons. The van der Waals surface area contributed by atoms with E-state index in [-0.39, 0.29) is 11.2 Å². The molecule has 0 saturated carbocycles. The summed E-state index contributed by atoms with van der Waals surface area (Å²) >= 11 is 0. The van der Waals surface area contributed by atoms with Crippen molar-refractivity contribution in [1.82, 2.24) is 14.5 Å². The predicted molar refractivity (Wildman–Crippen MR) is 48.8 cm³/mol. The average Bonchev–Trinajstić information content (AvgIpc) is 2.45. The molecule has 0 fully saturated rings. The number of halogens is 1. The van der Waals surface area contributed by atoms with E-state index >= 15 is 0 Å². The number of anilines is 1. The Morgan fingerprint density at radius 1 is 1.57 bits per heavy atom. The smallest absolute Gasteiger partial charge is 0.154 e. The van der Waals surface area contributed by atoms with Crippen LogP contribution in [0.5, 0.6) is 0 Å². The molecule has 2 rings (SSSR count). The number of aliphatic hydroxyl groups is 1. The van der Waals surface area contributed by atoms with Gasteiger partial charge in [0.25, 0.3) is 0 Å². The molecule has 2 heterocycles. The van der Waals surface area contributed by atoms with Crippen molar-refractivity contribution in [2.75, 3.05) is 5.73 Å². The molecule has 0 amide bonds. The standard InChI is InChI=1S/C8H9FN4O/c1-4(14)13-2-5(9)6-7(10)11-3-12-8(6)13/h2-4,14H,1H3,(H2,10,11,12). The number of rotatable bonds is 1. The highest BCUT2D eigenvalue weighted by Crippen LogP contribution is 2.23. The fourth-order valence-corrected chi connectivity index (χ4v) is 1.35. The van der Waals surface area contributed by atoms with Crippen LogP contribution in [-0.2, 0) is 0 Å². The van der Waals surface area contributed by atoms with Crippen molar-refractivity contribution >= 4 is 16.9 Å². The summed E-state index contributed by atoms with van der Waals surface area (Å²) in [4.78, 5) is 7.53. The lowest BCUT2D eigenvalue weighted by molar-refractivity contribution is 0.128. The van der Waals surface area contributed by atoms with E-state index in [0.717, 1.165) is 6.20 Å². The molecule has 0 aliphatic carbocycles. The van der Waals surface area contributed by atoms with Gasteiger partial charge in [-0.2, -0.15) is 0 Å². The first-order valence-corrected chi connectivity index (χ1v) is 4.06. The summed E-state index contributed by atoms with van der Waals surface area (Å²) in [5, 5.41) is 9.47. The van der Waals surface area contributed by atoms with Crippen molar-refractivity contribution in [2.45, 2.75) is 13.2 Å². The second-order valence-electron chi connectivity index (χ2n) is 2.97. The van der Waals surface area contributed by atoms with Crippen molar-refractivity contribution in [1.29, 1.82) is 0 Å². The topological polar surface area (TPSA) is 77.0 Å². The minimum absolute atomic E-state index is 0.0758. The lowest BCUT2D eigenvalue weighted by atomic mass is 10.4. The van der Waals surface area contributed by atoms with Gasteiger partial charge in [0.15, 0.2) is 11.5 Å². The molecule has 2 aromatic rings. The lowest BCUT2D eigenvalue weighted by Gasteiger charge is -2.06. The second-order valence-corrected chi connectivity index (χ2v) is 2.97. The molecule has 3 N–H and O–H groups in total. The van der Waals surface area contributed by atoms with Crippen molar-refractivity contribution in [3.63, 3.8) is 0 Å². The van der Waals surface area contributed by atoms with E-state index in [9.17, 15) is 9.50 Å². The molecule has 74 valence electrons. The fraction of sp³-hybridized carbons (Fsp3) is 0.250. The van der Waals surface area contributed by atoms with Crippen molar-refractivity contribution in [3.8, 4) is 0 Å². The monoisotopic (exact) mass is 196 g/mol. The van der Waals surface area contributed by atoms with Gasteiger partial charge in [-0.05, 0) is 6.92 Å². The van der Waals surface area contributed by atoms with E-state index in [1.807, 2.05) is 0 Å². The van der Waals surface area contributed by atoms with E-state index < -0.39 is 12.0 Å². The first-order valence-electron chi connectivity index (χ1n) is 4.06. The molecule has 0 aromatic carbocycles. The van der Waals surface area contributed by atoms with Gasteiger partial charge in [-0.25, -0.2) is 14.4 Å². The Balaban J connectivity index is 2.84. The molecule has 5 nitrogen and oxygen atoms in total. The van der Waals surface area contributed by atoms with Crippen molar-refractivity contribution in [3.05, 3.63) is 18.3 Å². The highest BCUT2D eigenvalue weighted by atomic mass is 19.1. The Kier molecular flexibility index (Phi) is 1.85. The maximum absolute atomic E-state index is 13.3. The first-order chi connectivity index (χ1) is 6.61. The quantitative estimate of drug-likeness (QED) is 0.702. The van der Waals surface area contributed by atoms with Crippen LogP contribution < -0.4 is 5.73 Å². The summed E-state index contributed by atoms with van der Waals surface area (Å²) in [6, 6.07) is 0. The molecule has 1 unspecified atom stereocenters. The molecule has 2 aromatic heterocycles. The Hall–Kier alpha value is -1.69. The van der Waals surface area contributed by atoms with Crippen LogP contribution in [0.2, 0.25) is 0 Å². The lowest BCUT2D eigenvalue weighted by Crippen LogP contribution is -2.03. The van der Waals surface area contributed by atoms with Crippen LogP contribution in [0, 0.1) is 5.82 Å². The predicted octanol–water partition coefficient (Wildman–Crippen LogP) is 0.663. The molecule has 14 heavy (non-hydrogen) atoms. The number of aromatic nitrogens is 3. The van der Waals surface area contributed by atoms with Gasteiger partial charge in [0.05, 0.1) is 5.39 Å². The van der Waals surface area contributed by atoms with Crippen LogP contribution in [0.4, 0.5) is 10.2 Å². The minimum atomic E-state index is -0.851. The summed E-state index contributed by atoms with van der Waals surface area (Å²) in [7, 11) is 0. The number of nitrogens with two attached hydrogens (primary N) is 1. The highest BCUT2D eigenvalue weighted by Gasteiger charge is 2.14. The van der Waals surface area contributed by atoms with E-state index in [1.54, 1.807) is 0 Å². The van der Waals surface area contributed by atoms with E-state index in [0.29, 0.717) is 5.65 Å². The normalized spacial score (nSPS) is 13.4. The number of fused-ring (bicyclic) bond motifs is 1. The van der Waals surface area contributed by atoms with Gasteiger partial charge < -0.3 is 15.4 Å². The van der Waals surface area contributed by atoms with Gasteiger partial charge in [0, 0.05) is 6.20 Å². The Labute approximate surface area is 79.0 Å². The Morgan fingerprint density at radius 3 is 2.93 bits per heavy atom. The average molecular weight is 196 g/mol. The van der Waals surface area contributed by atoms with Gasteiger partial charge in [-0.1, -0.05) is 0 Å². The number of nitrogens with zero attached hydrogens (tertiary/aromatic N) is 3. The van der Waals surface area contributed by atoms with Crippen LogP contribution >= 0.6 is 0 Å². The minimum Gasteiger partial charge on any atom is -0.383 e. The van der Waals surface area contributed by atoms with Gasteiger partial charge in [0.2, 0.25) is 0 Å². The van der Waals surface area contributed by atoms with Crippen LogP contribution in [0.25, 0.3) is 11.0 Å². The summed E-state index contributed by atoms with van der Waals surface area (Å²) < 4.78 is 14.6. The fourth-order valence-electron chi connectivity index (χ4n) is 1.35. The van der Waals surface area contributed by atoms with Gasteiger partial charge >= 0.3 is 0 Å². The van der Waals surface area contributed by atoms with Crippen LogP contribution in [-0.4, -0.2) is 19.6 Å². The molecular weight excluding hydrogens is 187 g/mol. The summed E-state index contributed by atoms with van der Waals surface area (Å²) in [5.41, 5.74) is 5.78. The van der Waals surface area contributed by atoms with Crippen LogP contribution in [0.15, 0.2) is 12.5 Å². The molecular formula is C8H9FN4O. The largest absolute Gasteiger partial charge is 0.383 e. The van der Waals surface area contributed by atoms with Gasteiger partial charge in [-0.3, -0.25) is 0 Å². The van der Waals surface area contributed by atoms with Gasteiger partial charge in [-0.15, -0.1) is 0 Å². The molecule has 0 aliphatic heterocycles. The molecule has 6 heteroatoms. The SMILES string of the molecule is CC(O)n1cc(F)c2c(N)ncnc21. The van der Waals surface area contributed by atoms with E-state index in [4.69, 9.17) is 5.73 Å². The third-order valence-corrected chi connectivity index (χ3v) is 1.99. The third-order valence-electron chi connectivity index (χ3n) is 1.99. The summed E-state index contributed by atoms with van der Waals surface area (Å²) in [5.74, 6) is -0.453. The number of nitrogen functional groups attached to an aromatic ring is 1. The molecule has 0 bridgehead atoms.